The zero-order valence-corrected chi connectivity index (χ0v) is 12.8. The number of hydrogen-bond acceptors (Lipinski definition) is 2. The first-order valence-electron chi connectivity index (χ1n) is 7.31. The molecule has 1 aliphatic heterocycles. The normalized spacial score (nSPS) is 26.1. The Labute approximate surface area is 108 Å². The Kier molecular flexibility index (Phi) is 5.03. The summed E-state index contributed by atoms with van der Waals surface area (Å²) in [6.45, 7) is 17.6. The average Bonchev–Trinajstić information content (AvgIpc) is 2.27. The second kappa shape index (κ2) is 5.71. The van der Waals surface area contributed by atoms with Crippen molar-refractivity contribution in [3.63, 3.8) is 0 Å². The van der Waals surface area contributed by atoms with Crippen molar-refractivity contribution in [2.45, 2.75) is 72.4 Å². The third kappa shape index (κ3) is 4.26. The Hall–Kier alpha value is -0.0800. The third-order valence-electron chi connectivity index (χ3n) is 4.40. The molecule has 0 aliphatic carbocycles. The van der Waals surface area contributed by atoms with Gasteiger partial charge in [0.2, 0.25) is 0 Å². The SMILES string of the molecule is CCC1(CC)CN(CCC(C)(C)C)C(C)CN1. The van der Waals surface area contributed by atoms with E-state index in [0.717, 1.165) is 6.54 Å². The Bertz CT molecular complexity index is 226. The number of hydrogen-bond donors (Lipinski definition) is 1. The van der Waals surface area contributed by atoms with Crippen molar-refractivity contribution in [3.05, 3.63) is 0 Å². The van der Waals surface area contributed by atoms with Crippen molar-refractivity contribution in [2.75, 3.05) is 19.6 Å². The van der Waals surface area contributed by atoms with E-state index in [0.29, 0.717) is 17.0 Å². The van der Waals surface area contributed by atoms with Gasteiger partial charge in [0.15, 0.2) is 0 Å². The fourth-order valence-electron chi connectivity index (χ4n) is 2.60. The maximum Gasteiger partial charge on any atom is 0.0304 e. The Morgan fingerprint density at radius 1 is 1.24 bits per heavy atom. The summed E-state index contributed by atoms with van der Waals surface area (Å²) in [4.78, 5) is 2.69. The van der Waals surface area contributed by atoms with E-state index in [4.69, 9.17) is 0 Å². The van der Waals surface area contributed by atoms with Crippen LogP contribution in [0.1, 0.15) is 60.8 Å². The molecule has 0 radical (unpaired) electrons. The van der Waals surface area contributed by atoms with Crippen molar-refractivity contribution in [3.8, 4) is 0 Å². The summed E-state index contributed by atoms with van der Waals surface area (Å²) in [6.07, 6.45) is 3.77. The van der Waals surface area contributed by atoms with E-state index >= 15 is 0 Å². The first-order valence-corrected chi connectivity index (χ1v) is 7.31. The quantitative estimate of drug-likeness (QED) is 0.811. The molecule has 1 atom stereocenters. The first-order chi connectivity index (χ1) is 7.82. The van der Waals surface area contributed by atoms with Gasteiger partial charge in [-0.25, -0.2) is 0 Å². The standard InChI is InChI=1S/C15H32N2/c1-7-15(8-2)12-17(13(3)11-16-15)10-9-14(4,5)6/h13,16H,7-12H2,1-6H3. The highest BCUT2D eigenvalue weighted by Gasteiger charge is 2.34. The molecule has 0 aromatic carbocycles. The topological polar surface area (TPSA) is 15.3 Å². The van der Waals surface area contributed by atoms with E-state index in [1.165, 1.54) is 32.4 Å². The molecule has 1 fully saturated rings. The highest BCUT2D eigenvalue weighted by Crippen LogP contribution is 2.25. The van der Waals surface area contributed by atoms with Gasteiger partial charge in [-0.05, 0) is 38.1 Å². The largest absolute Gasteiger partial charge is 0.308 e. The van der Waals surface area contributed by atoms with Crippen LogP contribution < -0.4 is 5.32 Å². The molecule has 0 saturated carbocycles. The van der Waals surface area contributed by atoms with E-state index in [2.05, 4.69) is 51.8 Å². The second-order valence-corrected chi connectivity index (χ2v) is 7.00. The molecule has 0 bridgehead atoms. The van der Waals surface area contributed by atoms with Crippen LogP contribution in [0.2, 0.25) is 0 Å². The second-order valence-electron chi connectivity index (χ2n) is 7.00. The fraction of sp³-hybridized carbons (Fsp3) is 1.00. The van der Waals surface area contributed by atoms with Crippen molar-refractivity contribution < 1.29 is 0 Å². The van der Waals surface area contributed by atoms with Gasteiger partial charge in [-0.2, -0.15) is 0 Å². The molecule has 0 aromatic heterocycles. The van der Waals surface area contributed by atoms with Crippen LogP contribution in [0, 0.1) is 5.41 Å². The van der Waals surface area contributed by atoms with Crippen molar-refractivity contribution in [2.24, 2.45) is 5.41 Å². The Balaban J connectivity index is 2.57. The van der Waals surface area contributed by atoms with E-state index in [-0.39, 0.29) is 0 Å². The van der Waals surface area contributed by atoms with Crippen LogP contribution in [0.25, 0.3) is 0 Å². The minimum Gasteiger partial charge on any atom is -0.308 e. The minimum atomic E-state index is 0.365. The van der Waals surface area contributed by atoms with Gasteiger partial charge in [0.1, 0.15) is 0 Å². The third-order valence-corrected chi connectivity index (χ3v) is 4.40. The maximum atomic E-state index is 3.77. The summed E-state index contributed by atoms with van der Waals surface area (Å²) in [5.41, 5.74) is 0.816. The zero-order valence-electron chi connectivity index (χ0n) is 12.8. The van der Waals surface area contributed by atoms with Gasteiger partial charge in [-0.15, -0.1) is 0 Å². The Morgan fingerprint density at radius 3 is 2.29 bits per heavy atom. The molecule has 1 rings (SSSR count). The van der Waals surface area contributed by atoms with Gasteiger partial charge in [0, 0.05) is 24.7 Å². The molecule has 2 heteroatoms. The maximum absolute atomic E-state index is 3.77. The van der Waals surface area contributed by atoms with Gasteiger partial charge < -0.3 is 5.32 Å². The van der Waals surface area contributed by atoms with Crippen molar-refractivity contribution in [1.82, 2.24) is 10.2 Å². The zero-order chi connectivity index (χ0) is 13.1. The van der Waals surface area contributed by atoms with Gasteiger partial charge in [-0.1, -0.05) is 34.6 Å². The van der Waals surface area contributed by atoms with Crippen LogP contribution in [0.3, 0.4) is 0 Å². The van der Waals surface area contributed by atoms with E-state index in [9.17, 15) is 0 Å². The molecule has 1 unspecified atom stereocenters. The van der Waals surface area contributed by atoms with E-state index in [1.807, 2.05) is 0 Å². The first kappa shape index (κ1) is 15.0. The highest BCUT2D eigenvalue weighted by molar-refractivity contribution is 4.95. The lowest BCUT2D eigenvalue weighted by molar-refractivity contribution is 0.0713. The molecule has 2 nitrogen and oxygen atoms in total. The molecule has 1 saturated heterocycles. The summed E-state index contributed by atoms with van der Waals surface area (Å²) in [6, 6.07) is 0.684. The highest BCUT2D eigenvalue weighted by atomic mass is 15.2. The van der Waals surface area contributed by atoms with E-state index < -0.39 is 0 Å². The molecule has 0 aromatic rings. The molecule has 0 spiro atoms. The number of rotatable bonds is 4. The number of nitrogens with one attached hydrogen (secondary N) is 1. The van der Waals surface area contributed by atoms with Crippen LogP contribution in [0.4, 0.5) is 0 Å². The van der Waals surface area contributed by atoms with Gasteiger partial charge in [0.05, 0.1) is 0 Å². The summed E-state index contributed by atoms with van der Waals surface area (Å²) < 4.78 is 0. The predicted molar refractivity (Wildman–Crippen MR) is 76.4 cm³/mol. The van der Waals surface area contributed by atoms with Crippen LogP contribution >= 0.6 is 0 Å². The number of nitrogens with zero attached hydrogens (tertiary/aromatic N) is 1. The summed E-state index contributed by atoms with van der Waals surface area (Å²) in [5, 5.41) is 3.77. The lowest BCUT2D eigenvalue weighted by Gasteiger charge is -2.47. The number of piperazine rings is 1. The van der Waals surface area contributed by atoms with Gasteiger partial charge in [0.25, 0.3) is 0 Å². The molecular formula is C15H32N2. The molecule has 1 heterocycles. The van der Waals surface area contributed by atoms with Crippen LogP contribution in [0.15, 0.2) is 0 Å². The lowest BCUT2D eigenvalue weighted by Crippen LogP contribution is -2.63. The predicted octanol–water partition coefficient (Wildman–Crippen LogP) is 3.28. The molecule has 102 valence electrons. The van der Waals surface area contributed by atoms with Crippen molar-refractivity contribution >= 4 is 0 Å². The van der Waals surface area contributed by atoms with E-state index in [1.54, 1.807) is 0 Å². The minimum absolute atomic E-state index is 0.365. The van der Waals surface area contributed by atoms with Crippen molar-refractivity contribution in [1.29, 1.82) is 0 Å². The molecule has 1 aliphatic rings. The molecule has 17 heavy (non-hydrogen) atoms. The summed E-state index contributed by atoms with van der Waals surface area (Å²) in [7, 11) is 0. The van der Waals surface area contributed by atoms with Crippen LogP contribution in [-0.2, 0) is 0 Å². The Morgan fingerprint density at radius 2 is 1.82 bits per heavy atom. The average molecular weight is 240 g/mol. The molecule has 1 N–H and O–H groups in total. The van der Waals surface area contributed by atoms with Crippen LogP contribution in [0.5, 0.6) is 0 Å². The lowest BCUT2D eigenvalue weighted by atomic mass is 9.87. The van der Waals surface area contributed by atoms with Crippen LogP contribution in [-0.4, -0.2) is 36.1 Å². The monoisotopic (exact) mass is 240 g/mol. The summed E-state index contributed by atoms with van der Waals surface area (Å²) >= 11 is 0. The summed E-state index contributed by atoms with van der Waals surface area (Å²) in [5.74, 6) is 0. The molecular weight excluding hydrogens is 208 g/mol. The van der Waals surface area contributed by atoms with Gasteiger partial charge in [-0.3, -0.25) is 4.90 Å². The van der Waals surface area contributed by atoms with Gasteiger partial charge >= 0.3 is 0 Å². The fourth-order valence-corrected chi connectivity index (χ4v) is 2.60. The smallest absolute Gasteiger partial charge is 0.0304 e. The molecule has 0 amide bonds.